The van der Waals surface area contributed by atoms with E-state index in [1.54, 1.807) is 6.07 Å². The van der Waals surface area contributed by atoms with E-state index in [1.807, 2.05) is 0 Å². The van der Waals surface area contributed by atoms with E-state index in [1.165, 1.54) is 42.8 Å². The molecule has 1 heterocycles. The van der Waals surface area contributed by atoms with Crippen LogP contribution in [0.15, 0.2) is 52.2 Å². The summed E-state index contributed by atoms with van der Waals surface area (Å²) in [5.74, 6) is -1.21. The van der Waals surface area contributed by atoms with E-state index in [-0.39, 0.29) is 18.1 Å². The Kier molecular flexibility index (Phi) is 4.81. The van der Waals surface area contributed by atoms with Crippen molar-refractivity contribution >= 4 is 18.0 Å². The number of hydrazone groups is 1. The van der Waals surface area contributed by atoms with Gasteiger partial charge in [-0.25, -0.2) is 9.82 Å². The zero-order valence-corrected chi connectivity index (χ0v) is 10.9. The van der Waals surface area contributed by atoms with Crippen molar-refractivity contribution < 1.29 is 18.4 Å². The second kappa shape index (κ2) is 6.99. The molecule has 0 atom stereocenters. The highest BCUT2D eigenvalue weighted by atomic mass is 19.1. The molecule has 0 radical (unpaired) electrons. The summed E-state index contributed by atoms with van der Waals surface area (Å²) in [5.41, 5.74) is 2.87. The van der Waals surface area contributed by atoms with E-state index in [9.17, 15) is 14.0 Å². The van der Waals surface area contributed by atoms with Gasteiger partial charge in [0.15, 0.2) is 5.76 Å². The van der Waals surface area contributed by atoms with Gasteiger partial charge in [0.2, 0.25) is 0 Å². The number of benzene rings is 1. The van der Waals surface area contributed by atoms with Crippen LogP contribution < -0.4 is 10.7 Å². The molecule has 0 spiro atoms. The second-order valence-electron chi connectivity index (χ2n) is 4.00. The number of carbonyl (C=O) groups is 2. The van der Waals surface area contributed by atoms with Crippen LogP contribution in [0.5, 0.6) is 0 Å². The third-order valence-corrected chi connectivity index (χ3v) is 2.43. The van der Waals surface area contributed by atoms with Gasteiger partial charge in [-0.3, -0.25) is 9.59 Å². The molecule has 0 aliphatic rings. The Bertz CT molecular complexity index is 636. The summed E-state index contributed by atoms with van der Waals surface area (Å²) in [6, 6.07) is 8.66. The van der Waals surface area contributed by atoms with E-state index in [2.05, 4.69) is 15.8 Å². The van der Waals surface area contributed by atoms with Gasteiger partial charge < -0.3 is 9.73 Å². The highest BCUT2D eigenvalue weighted by Crippen LogP contribution is 1.99. The Morgan fingerprint density at radius 2 is 2.00 bits per heavy atom. The fourth-order valence-corrected chi connectivity index (χ4v) is 1.42. The second-order valence-corrected chi connectivity index (χ2v) is 4.00. The van der Waals surface area contributed by atoms with Crippen LogP contribution in [-0.2, 0) is 4.79 Å². The minimum Gasteiger partial charge on any atom is -0.459 e. The zero-order chi connectivity index (χ0) is 15.1. The number of carbonyl (C=O) groups excluding carboxylic acids is 2. The quantitative estimate of drug-likeness (QED) is 0.643. The molecule has 2 aromatic rings. The first-order chi connectivity index (χ1) is 10.1. The molecule has 0 unspecified atom stereocenters. The van der Waals surface area contributed by atoms with Crippen LogP contribution in [0.1, 0.15) is 16.1 Å². The van der Waals surface area contributed by atoms with E-state index in [0.29, 0.717) is 5.56 Å². The lowest BCUT2D eigenvalue weighted by molar-refractivity contribution is -0.120. The van der Waals surface area contributed by atoms with Gasteiger partial charge in [-0.05, 0) is 29.8 Å². The summed E-state index contributed by atoms with van der Waals surface area (Å²) < 4.78 is 17.5. The molecule has 108 valence electrons. The summed E-state index contributed by atoms with van der Waals surface area (Å²) in [7, 11) is 0. The summed E-state index contributed by atoms with van der Waals surface area (Å²) in [6.07, 6.45) is 2.73. The predicted molar refractivity (Wildman–Crippen MR) is 73.2 cm³/mol. The highest BCUT2D eigenvalue weighted by Gasteiger charge is 2.09. The van der Waals surface area contributed by atoms with Gasteiger partial charge >= 0.3 is 0 Å². The molecule has 0 aliphatic heterocycles. The fraction of sp³-hybridized carbons (Fsp3) is 0.0714. The van der Waals surface area contributed by atoms with Crippen molar-refractivity contribution in [2.75, 3.05) is 6.54 Å². The Labute approximate surface area is 119 Å². The monoisotopic (exact) mass is 289 g/mol. The van der Waals surface area contributed by atoms with Gasteiger partial charge in [0.1, 0.15) is 5.82 Å². The van der Waals surface area contributed by atoms with Crippen LogP contribution in [0.25, 0.3) is 0 Å². The molecular weight excluding hydrogens is 277 g/mol. The number of halogens is 1. The number of nitrogens with one attached hydrogen (secondary N) is 2. The topological polar surface area (TPSA) is 83.7 Å². The lowest BCUT2D eigenvalue weighted by Gasteiger charge is -2.01. The average molecular weight is 289 g/mol. The Hall–Kier alpha value is -2.96. The first-order valence-electron chi connectivity index (χ1n) is 6.04. The highest BCUT2D eigenvalue weighted by molar-refractivity contribution is 5.94. The Morgan fingerprint density at radius 3 is 2.67 bits per heavy atom. The Morgan fingerprint density at radius 1 is 1.24 bits per heavy atom. The fourth-order valence-electron chi connectivity index (χ4n) is 1.42. The van der Waals surface area contributed by atoms with Crippen molar-refractivity contribution in [3.05, 3.63) is 59.8 Å². The summed E-state index contributed by atoms with van der Waals surface area (Å²) >= 11 is 0. The standard InChI is InChI=1S/C14H12FN3O3/c15-11-5-3-10(4-6-11)8-17-18-13(19)9-16-14(20)12-2-1-7-21-12/h1-8H,9H2,(H,16,20)(H,18,19)/b17-8+. The van der Waals surface area contributed by atoms with E-state index in [0.717, 1.165) is 0 Å². The molecule has 0 bridgehead atoms. The van der Waals surface area contributed by atoms with Crippen molar-refractivity contribution in [3.63, 3.8) is 0 Å². The van der Waals surface area contributed by atoms with Crippen molar-refractivity contribution in [1.82, 2.24) is 10.7 Å². The molecule has 0 aliphatic carbocycles. The average Bonchev–Trinajstić information content (AvgIpc) is 3.01. The first kappa shape index (κ1) is 14.4. The van der Waals surface area contributed by atoms with Crippen LogP contribution in [0.3, 0.4) is 0 Å². The van der Waals surface area contributed by atoms with Gasteiger partial charge in [0.25, 0.3) is 11.8 Å². The molecule has 0 saturated heterocycles. The summed E-state index contributed by atoms with van der Waals surface area (Å²) in [5, 5.41) is 6.06. The van der Waals surface area contributed by atoms with E-state index >= 15 is 0 Å². The maximum absolute atomic E-state index is 12.7. The summed E-state index contributed by atoms with van der Waals surface area (Å²) in [6.45, 7) is -0.236. The molecule has 2 rings (SSSR count). The minimum atomic E-state index is -0.492. The molecule has 2 amide bonds. The normalized spacial score (nSPS) is 10.5. The molecule has 1 aromatic heterocycles. The maximum Gasteiger partial charge on any atom is 0.287 e. The molecule has 7 heteroatoms. The van der Waals surface area contributed by atoms with Gasteiger partial charge in [0, 0.05) is 0 Å². The van der Waals surface area contributed by atoms with Gasteiger partial charge in [-0.1, -0.05) is 12.1 Å². The number of furan rings is 1. The first-order valence-corrected chi connectivity index (χ1v) is 6.04. The van der Waals surface area contributed by atoms with Crippen LogP contribution >= 0.6 is 0 Å². The predicted octanol–water partition coefficient (Wildman–Crippen LogP) is 1.30. The van der Waals surface area contributed by atoms with Gasteiger partial charge in [-0.15, -0.1) is 0 Å². The third-order valence-electron chi connectivity index (χ3n) is 2.43. The lowest BCUT2D eigenvalue weighted by Crippen LogP contribution is -2.34. The van der Waals surface area contributed by atoms with Crippen LogP contribution in [-0.4, -0.2) is 24.6 Å². The van der Waals surface area contributed by atoms with Gasteiger partial charge in [0.05, 0.1) is 19.0 Å². The third kappa shape index (κ3) is 4.57. The van der Waals surface area contributed by atoms with Crippen molar-refractivity contribution in [3.8, 4) is 0 Å². The maximum atomic E-state index is 12.7. The number of amides is 2. The smallest absolute Gasteiger partial charge is 0.287 e. The largest absolute Gasteiger partial charge is 0.459 e. The minimum absolute atomic E-state index is 0.123. The molecule has 1 aromatic carbocycles. The molecule has 0 saturated carbocycles. The van der Waals surface area contributed by atoms with Gasteiger partial charge in [-0.2, -0.15) is 5.10 Å². The van der Waals surface area contributed by atoms with Crippen molar-refractivity contribution in [1.29, 1.82) is 0 Å². The van der Waals surface area contributed by atoms with E-state index in [4.69, 9.17) is 4.42 Å². The van der Waals surface area contributed by atoms with Crippen molar-refractivity contribution in [2.24, 2.45) is 5.10 Å². The molecule has 21 heavy (non-hydrogen) atoms. The van der Waals surface area contributed by atoms with Crippen LogP contribution in [0.2, 0.25) is 0 Å². The summed E-state index contributed by atoms with van der Waals surface area (Å²) in [4.78, 5) is 22.9. The SMILES string of the molecule is O=C(CNC(=O)c1ccco1)N/N=C/c1ccc(F)cc1. The number of rotatable bonds is 5. The van der Waals surface area contributed by atoms with E-state index < -0.39 is 11.8 Å². The van der Waals surface area contributed by atoms with Crippen molar-refractivity contribution in [2.45, 2.75) is 0 Å². The van der Waals surface area contributed by atoms with Crippen LogP contribution in [0.4, 0.5) is 4.39 Å². The Balaban J connectivity index is 1.74. The number of hydrogen-bond donors (Lipinski definition) is 2. The molecule has 0 fully saturated rings. The number of hydrogen-bond acceptors (Lipinski definition) is 4. The molecule has 6 nitrogen and oxygen atoms in total. The van der Waals surface area contributed by atoms with Crippen LogP contribution in [0, 0.1) is 5.82 Å². The molecular formula is C14H12FN3O3. The zero-order valence-electron chi connectivity index (χ0n) is 10.9. The molecule has 2 N–H and O–H groups in total. The number of nitrogens with zero attached hydrogens (tertiary/aromatic N) is 1. The lowest BCUT2D eigenvalue weighted by atomic mass is 10.2.